The smallest absolute Gasteiger partial charge is 0.272 e. The van der Waals surface area contributed by atoms with E-state index in [9.17, 15) is 10.1 Å². The van der Waals surface area contributed by atoms with Gasteiger partial charge in [0.1, 0.15) is 5.75 Å². The van der Waals surface area contributed by atoms with E-state index in [1.54, 1.807) is 30.8 Å². The number of ether oxygens (including phenoxy) is 1. The average Bonchev–Trinajstić information content (AvgIpc) is 2.63. The number of hydrogen-bond donors (Lipinski definition) is 1. The standard InChI is InChI=1S/C13H16N4O3/c1-8-6-10(4-5-12(8)17(18)19)20-13-11(7-14)9(2)15-16(13)3/h4-6H,7,14H2,1-3H3. The van der Waals surface area contributed by atoms with Crippen molar-refractivity contribution in [2.24, 2.45) is 12.8 Å². The highest BCUT2D eigenvalue weighted by Gasteiger charge is 2.16. The summed E-state index contributed by atoms with van der Waals surface area (Å²) in [5.74, 6) is 1.07. The van der Waals surface area contributed by atoms with Crippen LogP contribution in [0.3, 0.4) is 0 Å². The molecule has 0 atom stereocenters. The van der Waals surface area contributed by atoms with Crippen LogP contribution in [0.15, 0.2) is 18.2 Å². The average molecular weight is 276 g/mol. The monoisotopic (exact) mass is 276 g/mol. The first-order valence-corrected chi connectivity index (χ1v) is 6.09. The minimum absolute atomic E-state index is 0.0672. The number of hydrogen-bond acceptors (Lipinski definition) is 5. The molecule has 1 aromatic heterocycles. The third-order valence-electron chi connectivity index (χ3n) is 3.07. The third-order valence-corrected chi connectivity index (χ3v) is 3.07. The number of nitro benzene ring substituents is 1. The van der Waals surface area contributed by atoms with Gasteiger partial charge in [0.25, 0.3) is 5.69 Å². The Balaban J connectivity index is 2.36. The van der Waals surface area contributed by atoms with Gasteiger partial charge in [-0.3, -0.25) is 10.1 Å². The highest BCUT2D eigenvalue weighted by atomic mass is 16.6. The predicted molar refractivity (Wildman–Crippen MR) is 73.7 cm³/mol. The summed E-state index contributed by atoms with van der Waals surface area (Å²) < 4.78 is 7.37. The molecule has 106 valence electrons. The van der Waals surface area contributed by atoms with E-state index in [2.05, 4.69) is 5.10 Å². The van der Waals surface area contributed by atoms with Gasteiger partial charge in [0.2, 0.25) is 5.88 Å². The highest BCUT2D eigenvalue weighted by Crippen LogP contribution is 2.29. The van der Waals surface area contributed by atoms with Crippen molar-refractivity contribution in [2.75, 3.05) is 0 Å². The van der Waals surface area contributed by atoms with E-state index in [0.717, 1.165) is 11.3 Å². The maximum atomic E-state index is 10.8. The topological polar surface area (TPSA) is 96.2 Å². The Bertz CT molecular complexity index is 664. The molecule has 20 heavy (non-hydrogen) atoms. The summed E-state index contributed by atoms with van der Waals surface area (Å²) in [6.45, 7) is 3.85. The number of aromatic nitrogens is 2. The molecule has 0 radical (unpaired) electrons. The highest BCUT2D eigenvalue weighted by molar-refractivity contribution is 5.46. The lowest BCUT2D eigenvalue weighted by Gasteiger charge is -2.08. The normalized spacial score (nSPS) is 10.6. The van der Waals surface area contributed by atoms with Crippen LogP contribution in [0, 0.1) is 24.0 Å². The van der Waals surface area contributed by atoms with Gasteiger partial charge in [0.15, 0.2) is 0 Å². The summed E-state index contributed by atoms with van der Waals surface area (Å²) >= 11 is 0. The van der Waals surface area contributed by atoms with Crippen LogP contribution in [0.1, 0.15) is 16.8 Å². The molecule has 2 rings (SSSR count). The van der Waals surface area contributed by atoms with Gasteiger partial charge in [-0.05, 0) is 26.0 Å². The lowest BCUT2D eigenvalue weighted by molar-refractivity contribution is -0.385. The van der Waals surface area contributed by atoms with E-state index in [-0.39, 0.29) is 5.69 Å². The fraction of sp³-hybridized carbons (Fsp3) is 0.308. The number of nitro groups is 1. The van der Waals surface area contributed by atoms with Crippen LogP contribution in [0.4, 0.5) is 5.69 Å². The molecule has 7 nitrogen and oxygen atoms in total. The second-order valence-electron chi connectivity index (χ2n) is 4.50. The molecule has 0 saturated carbocycles. The third kappa shape index (κ3) is 2.48. The second-order valence-corrected chi connectivity index (χ2v) is 4.50. The molecule has 1 aromatic carbocycles. The Hall–Kier alpha value is -2.41. The van der Waals surface area contributed by atoms with Gasteiger partial charge in [-0.25, -0.2) is 4.68 Å². The van der Waals surface area contributed by atoms with Crippen LogP contribution in [0.2, 0.25) is 0 Å². The van der Waals surface area contributed by atoms with Crippen molar-refractivity contribution in [3.63, 3.8) is 0 Å². The minimum atomic E-state index is -0.418. The number of aryl methyl sites for hydroxylation is 3. The summed E-state index contributed by atoms with van der Waals surface area (Å²) in [6, 6.07) is 4.62. The Labute approximate surface area is 116 Å². The SMILES string of the molecule is Cc1cc(Oc2c(CN)c(C)nn2C)ccc1[N+](=O)[O-]. The van der Waals surface area contributed by atoms with Crippen molar-refractivity contribution in [2.45, 2.75) is 20.4 Å². The van der Waals surface area contributed by atoms with Crippen LogP contribution < -0.4 is 10.5 Å². The molecule has 0 aliphatic rings. The summed E-state index contributed by atoms with van der Waals surface area (Å²) in [6.07, 6.45) is 0. The molecule has 0 unspecified atom stereocenters. The van der Waals surface area contributed by atoms with Crippen molar-refractivity contribution in [3.8, 4) is 11.6 Å². The fourth-order valence-corrected chi connectivity index (χ4v) is 2.05. The van der Waals surface area contributed by atoms with Crippen LogP contribution in [-0.2, 0) is 13.6 Å². The van der Waals surface area contributed by atoms with Crippen molar-refractivity contribution in [1.82, 2.24) is 9.78 Å². The first-order chi connectivity index (χ1) is 9.43. The minimum Gasteiger partial charge on any atom is -0.439 e. The molecule has 0 aliphatic carbocycles. The van der Waals surface area contributed by atoms with Gasteiger partial charge in [-0.1, -0.05) is 0 Å². The molecule has 0 bridgehead atoms. The summed E-state index contributed by atoms with van der Waals surface area (Å²) in [7, 11) is 1.76. The zero-order chi connectivity index (χ0) is 14.9. The Morgan fingerprint density at radius 2 is 2.15 bits per heavy atom. The van der Waals surface area contributed by atoms with Gasteiger partial charge in [0.05, 0.1) is 16.2 Å². The second kappa shape index (κ2) is 5.30. The lowest BCUT2D eigenvalue weighted by atomic mass is 10.2. The first-order valence-electron chi connectivity index (χ1n) is 6.09. The van der Waals surface area contributed by atoms with E-state index < -0.39 is 4.92 Å². The van der Waals surface area contributed by atoms with E-state index >= 15 is 0 Å². The van der Waals surface area contributed by atoms with Crippen molar-refractivity contribution in [1.29, 1.82) is 0 Å². The van der Waals surface area contributed by atoms with E-state index in [4.69, 9.17) is 10.5 Å². The van der Waals surface area contributed by atoms with Crippen molar-refractivity contribution < 1.29 is 9.66 Å². The van der Waals surface area contributed by atoms with Gasteiger partial charge in [0, 0.05) is 25.2 Å². The van der Waals surface area contributed by atoms with E-state index in [1.807, 2.05) is 6.92 Å². The quantitative estimate of drug-likeness (QED) is 0.682. The van der Waals surface area contributed by atoms with Crippen LogP contribution in [0.25, 0.3) is 0 Å². The lowest BCUT2D eigenvalue weighted by Crippen LogP contribution is -2.01. The van der Waals surface area contributed by atoms with Crippen LogP contribution in [0.5, 0.6) is 11.6 Å². The van der Waals surface area contributed by atoms with Crippen molar-refractivity contribution >= 4 is 5.69 Å². The molecule has 0 saturated heterocycles. The molecule has 0 aliphatic heterocycles. The predicted octanol–water partition coefficient (Wildman–Crippen LogP) is 2.20. The van der Waals surface area contributed by atoms with Gasteiger partial charge in [-0.2, -0.15) is 5.10 Å². The van der Waals surface area contributed by atoms with Crippen LogP contribution in [-0.4, -0.2) is 14.7 Å². The zero-order valence-corrected chi connectivity index (χ0v) is 11.6. The molecule has 0 amide bonds. The van der Waals surface area contributed by atoms with Crippen molar-refractivity contribution in [3.05, 3.63) is 45.1 Å². The van der Waals surface area contributed by atoms with E-state index in [0.29, 0.717) is 23.7 Å². The largest absolute Gasteiger partial charge is 0.439 e. The molecular formula is C13H16N4O3. The number of nitrogens with zero attached hydrogens (tertiary/aromatic N) is 3. The molecule has 7 heteroatoms. The Kier molecular flexibility index (Phi) is 3.71. The fourth-order valence-electron chi connectivity index (χ4n) is 2.05. The summed E-state index contributed by atoms with van der Waals surface area (Å²) in [4.78, 5) is 10.4. The Morgan fingerprint density at radius 3 is 2.70 bits per heavy atom. The Morgan fingerprint density at radius 1 is 1.45 bits per heavy atom. The summed E-state index contributed by atoms with van der Waals surface area (Å²) in [5.41, 5.74) is 7.93. The van der Waals surface area contributed by atoms with Gasteiger partial charge in [-0.15, -0.1) is 0 Å². The summed E-state index contributed by atoms with van der Waals surface area (Å²) in [5, 5.41) is 15.0. The molecular weight excluding hydrogens is 260 g/mol. The maximum Gasteiger partial charge on any atom is 0.272 e. The number of nitrogens with two attached hydrogens (primary N) is 1. The van der Waals surface area contributed by atoms with E-state index in [1.165, 1.54) is 6.07 Å². The first kappa shape index (κ1) is 14.0. The maximum absolute atomic E-state index is 10.8. The molecule has 2 aromatic rings. The molecule has 0 fully saturated rings. The molecule has 2 N–H and O–H groups in total. The number of rotatable bonds is 4. The zero-order valence-electron chi connectivity index (χ0n) is 11.6. The molecule has 0 spiro atoms. The van der Waals surface area contributed by atoms with Gasteiger partial charge < -0.3 is 10.5 Å². The van der Waals surface area contributed by atoms with Crippen LogP contribution >= 0.6 is 0 Å². The van der Waals surface area contributed by atoms with Gasteiger partial charge >= 0.3 is 0 Å². The number of benzene rings is 1. The molecule has 1 heterocycles.